The minimum Gasteiger partial charge on any atom is -0.384 e. The van der Waals surface area contributed by atoms with Crippen molar-refractivity contribution in [2.24, 2.45) is 5.92 Å². The van der Waals surface area contributed by atoms with Crippen molar-refractivity contribution in [3.8, 4) is 11.1 Å². The van der Waals surface area contributed by atoms with E-state index in [9.17, 15) is 9.59 Å². The molecule has 2 aromatic carbocycles. The predicted molar refractivity (Wildman–Crippen MR) is 114 cm³/mol. The largest absolute Gasteiger partial charge is 0.384 e. The van der Waals surface area contributed by atoms with Crippen LogP contribution in [0.25, 0.3) is 11.1 Å². The van der Waals surface area contributed by atoms with Gasteiger partial charge in [-0.15, -0.1) is 0 Å². The second kappa shape index (κ2) is 8.10. The topological polar surface area (TPSA) is 55.4 Å². The smallest absolute Gasteiger partial charge is 0.236 e. The van der Waals surface area contributed by atoms with Gasteiger partial charge in [-0.2, -0.15) is 0 Å². The van der Waals surface area contributed by atoms with Gasteiger partial charge in [-0.05, 0) is 72.6 Å². The first-order chi connectivity index (χ1) is 13.9. The fraction of sp³-hybridized carbons (Fsp3) is 0.391. The molecule has 1 heterocycles. The van der Waals surface area contributed by atoms with Crippen LogP contribution in [0.2, 0.25) is 10.0 Å². The van der Waals surface area contributed by atoms with Crippen LogP contribution in [-0.2, 0) is 14.3 Å². The van der Waals surface area contributed by atoms with Gasteiger partial charge in [0.25, 0.3) is 0 Å². The zero-order valence-corrected chi connectivity index (χ0v) is 17.7. The van der Waals surface area contributed by atoms with Gasteiger partial charge in [-0.1, -0.05) is 41.4 Å². The minimum atomic E-state index is -0.867. The van der Waals surface area contributed by atoms with E-state index in [0.29, 0.717) is 41.0 Å². The van der Waals surface area contributed by atoms with Crippen molar-refractivity contribution in [2.75, 3.05) is 13.7 Å². The molecule has 1 spiro atoms. The number of halogens is 2. The number of hydrogen-bond acceptors (Lipinski definition) is 3. The number of amides is 1. The first-order valence-electron chi connectivity index (χ1n) is 9.84. The average Bonchev–Trinajstić information content (AvgIpc) is 2.95. The SMILES string of the molecule is COCC1CCC2(CC1)NC(=O)C(c1cc(-c3ccc(Cl)cc3)ccc1Cl)C2=O. The van der Waals surface area contributed by atoms with E-state index in [2.05, 4.69) is 5.32 Å². The summed E-state index contributed by atoms with van der Waals surface area (Å²) in [7, 11) is 1.69. The van der Waals surface area contributed by atoms with Crippen molar-refractivity contribution < 1.29 is 14.3 Å². The first kappa shape index (κ1) is 20.4. The van der Waals surface area contributed by atoms with Crippen LogP contribution in [0.3, 0.4) is 0 Å². The second-order valence-corrected chi connectivity index (χ2v) is 8.85. The van der Waals surface area contributed by atoms with Gasteiger partial charge in [0.1, 0.15) is 5.92 Å². The Morgan fingerprint density at radius 3 is 2.34 bits per heavy atom. The molecular weight excluding hydrogens is 409 g/mol. The van der Waals surface area contributed by atoms with Crippen molar-refractivity contribution in [3.05, 3.63) is 58.1 Å². The maximum Gasteiger partial charge on any atom is 0.236 e. The molecule has 0 aromatic heterocycles. The fourth-order valence-corrected chi connectivity index (χ4v) is 4.93. The molecule has 1 atom stereocenters. The molecule has 0 radical (unpaired) electrons. The van der Waals surface area contributed by atoms with Gasteiger partial charge < -0.3 is 10.1 Å². The number of benzene rings is 2. The summed E-state index contributed by atoms with van der Waals surface area (Å²) in [5.74, 6) is -0.746. The Morgan fingerprint density at radius 2 is 1.69 bits per heavy atom. The zero-order valence-electron chi connectivity index (χ0n) is 16.2. The summed E-state index contributed by atoms with van der Waals surface area (Å²) in [4.78, 5) is 26.3. The first-order valence-corrected chi connectivity index (χ1v) is 10.6. The predicted octanol–water partition coefficient (Wildman–Crippen LogP) is 5.02. The molecule has 2 fully saturated rings. The monoisotopic (exact) mass is 431 g/mol. The van der Waals surface area contributed by atoms with E-state index in [-0.39, 0.29) is 11.7 Å². The van der Waals surface area contributed by atoms with Crippen LogP contribution < -0.4 is 5.32 Å². The zero-order chi connectivity index (χ0) is 20.6. The number of methoxy groups -OCH3 is 1. The molecule has 4 rings (SSSR count). The molecule has 1 N–H and O–H groups in total. The molecule has 1 aliphatic carbocycles. The maximum absolute atomic E-state index is 13.4. The number of hydrogen-bond donors (Lipinski definition) is 1. The lowest BCUT2D eigenvalue weighted by Crippen LogP contribution is -2.49. The third kappa shape index (κ3) is 3.81. The highest BCUT2D eigenvalue weighted by atomic mass is 35.5. The van der Waals surface area contributed by atoms with Crippen LogP contribution in [0.5, 0.6) is 0 Å². The number of rotatable bonds is 4. The lowest BCUT2D eigenvalue weighted by Gasteiger charge is -2.35. The Labute approximate surface area is 180 Å². The number of ether oxygens (including phenoxy) is 1. The van der Waals surface area contributed by atoms with E-state index in [4.69, 9.17) is 27.9 Å². The fourth-order valence-electron chi connectivity index (χ4n) is 4.58. The Kier molecular flexibility index (Phi) is 5.69. The number of Topliss-reactive ketones (excluding diaryl/α,β-unsaturated/α-hetero) is 1. The van der Waals surface area contributed by atoms with Crippen molar-refractivity contribution in [1.29, 1.82) is 0 Å². The lowest BCUT2D eigenvalue weighted by atomic mass is 9.73. The van der Waals surface area contributed by atoms with Gasteiger partial charge in [0.2, 0.25) is 5.91 Å². The third-order valence-corrected chi connectivity index (χ3v) is 6.80. The van der Waals surface area contributed by atoms with Gasteiger partial charge >= 0.3 is 0 Å². The molecule has 1 saturated heterocycles. The molecule has 1 saturated carbocycles. The van der Waals surface area contributed by atoms with Gasteiger partial charge in [-0.25, -0.2) is 0 Å². The molecule has 1 amide bonds. The van der Waals surface area contributed by atoms with Crippen molar-refractivity contribution >= 4 is 34.9 Å². The minimum absolute atomic E-state index is 0.0616. The molecule has 6 heteroatoms. The van der Waals surface area contributed by atoms with Crippen LogP contribution in [0, 0.1) is 5.92 Å². The Morgan fingerprint density at radius 1 is 1.03 bits per heavy atom. The van der Waals surface area contributed by atoms with E-state index in [0.717, 1.165) is 24.0 Å². The lowest BCUT2D eigenvalue weighted by molar-refractivity contribution is -0.126. The van der Waals surface area contributed by atoms with Gasteiger partial charge in [-0.3, -0.25) is 9.59 Å². The highest BCUT2D eigenvalue weighted by Crippen LogP contribution is 2.43. The van der Waals surface area contributed by atoms with E-state index >= 15 is 0 Å². The molecule has 2 aromatic rings. The maximum atomic E-state index is 13.4. The number of carbonyl (C=O) groups excluding carboxylic acids is 2. The van der Waals surface area contributed by atoms with E-state index < -0.39 is 11.5 Å². The van der Waals surface area contributed by atoms with Crippen LogP contribution in [-0.4, -0.2) is 30.9 Å². The number of ketones is 1. The number of carbonyl (C=O) groups is 2. The van der Waals surface area contributed by atoms with E-state index in [1.54, 1.807) is 13.2 Å². The Bertz CT molecular complexity index is 934. The highest BCUT2D eigenvalue weighted by Gasteiger charge is 2.54. The summed E-state index contributed by atoms with van der Waals surface area (Å²) in [5, 5.41) is 4.10. The third-order valence-electron chi connectivity index (χ3n) is 6.20. The summed E-state index contributed by atoms with van der Waals surface area (Å²) < 4.78 is 5.25. The summed E-state index contributed by atoms with van der Waals surface area (Å²) in [6.07, 6.45) is 3.03. The summed E-state index contributed by atoms with van der Waals surface area (Å²) in [6.45, 7) is 0.691. The van der Waals surface area contributed by atoms with Gasteiger partial charge in [0, 0.05) is 23.8 Å². The standard InChI is InChI=1S/C23H23Cl2NO3/c1-29-13-14-8-10-23(11-9-14)21(27)20(22(28)26-23)18-12-16(4-7-19(18)25)15-2-5-17(24)6-3-15/h2-7,12,14,20H,8-11,13H2,1H3,(H,26,28). The molecule has 1 aliphatic heterocycles. The van der Waals surface area contributed by atoms with E-state index in [1.165, 1.54) is 0 Å². The molecule has 0 bridgehead atoms. The molecule has 4 nitrogen and oxygen atoms in total. The molecular formula is C23H23Cl2NO3. The van der Waals surface area contributed by atoms with Crippen LogP contribution in [0.4, 0.5) is 0 Å². The van der Waals surface area contributed by atoms with E-state index in [1.807, 2.05) is 36.4 Å². The van der Waals surface area contributed by atoms with Gasteiger partial charge in [0.15, 0.2) is 5.78 Å². The molecule has 29 heavy (non-hydrogen) atoms. The van der Waals surface area contributed by atoms with Crippen molar-refractivity contribution in [1.82, 2.24) is 5.32 Å². The molecule has 152 valence electrons. The summed E-state index contributed by atoms with van der Waals surface area (Å²) >= 11 is 12.4. The van der Waals surface area contributed by atoms with Crippen LogP contribution in [0.1, 0.15) is 37.2 Å². The Balaban J connectivity index is 1.63. The molecule has 1 unspecified atom stereocenters. The van der Waals surface area contributed by atoms with Crippen molar-refractivity contribution in [2.45, 2.75) is 37.1 Å². The molecule has 2 aliphatic rings. The highest BCUT2D eigenvalue weighted by molar-refractivity contribution is 6.33. The van der Waals surface area contributed by atoms with Crippen LogP contribution >= 0.6 is 23.2 Å². The normalized spacial score (nSPS) is 26.7. The summed E-state index contributed by atoms with van der Waals surface area (Å²) in [5.41, 5.74) is 1.64. The number of nitrogens with one attached hydrogen (secondary N) is 1. The summed E-state index contributed by atoms with van der Waals surface area (Å²) in [6, 6.07) is 12.9. The quantitative estimate of drug-likeness (QED) is 0.691. The average molecular weight is 432 g/mol. The second-order valence-electron chi connectivity index (χ2n) is 8.01. The van der Waals surface area contributed by atoms with Crippen LogP contribution in [0.15, 0.2) is 42.5 Å². The van der Waals surface area contributed by atoms with Crippen molar-refractivity contribution in [3.63, 3.8) is 0 Å². The van der Waals surface area contributed by atoms with Gasteiger partial charge in [0.05, 0.1) is 5.54 Å². The Hall–Kier alpha value is -1.88.